The van der Waals surface area contributed by atoms with E-state index in [1.54, 1.807) is 11.7 Å². The fraction of sp³-hybridized carbons (Fsp3) is 0.214. The number of allylic oxidation sites excluding steroid dienone is 1. The highest BCUT2D eigenvalue weighted by molar-refractivity contribution is 8.02. The van der Waals surface area contributed by atoms with E-state index in [-0.39, 0.29) is 11.6 Å². The first kappa shape index (κ1) is 13.1. The second kappa shape index (κ2) is 5.58. The maximum absolute atomic E-state index is 12.8. The van der Waals surface area contributed by atoms with Crippen LogP contribution < -0.4 is 0 Å². The van der Waals surface area contributed by atoms with Gasteiger partial charge in [-0.1, -0.05) is 11.8 Å². The summed E-state index contributed by atoms with van der Waals surface area (Å²) < 4.78 is 14.8. The van der Waals surface area contributed by atoms with Gasteiger partial charge in [0.15, 0.2) is 10.9 Å². The van der Waals surface area contributed by atoms with Crippen molar-refractivity contribution >= 4 is 17.5 Å². The van der Waals surface area contributed by atoms with E-state index in [0.29, 0.717) is 11.6 Å². The molecule has 0 radical (unpaired) electrons. The molecular formula is C14H12FN3OS. The first-order valence-electron chi connectivity index (χ1n) is 6.26. The largest absolute Gasteiger partial charge is 0.305 e. The number of carbonyl (C=O) groups is 1. The molecule has 1 heterocycles. The summed E-state index contributed by atoms with van der Waals surface area (Å²) in [4.78, 5) is 11.9. The van der Waals surface area contributed by atoms with Crippen molar-refractivity contribution in [1.82, 2.24) is 14.8 Å². The molecule has 2 aromatic rings. The minimum Gasteiger partial charge on any atom is -0.305 e. The Balaban J connectivity index is 1.63. The molecule has 4 nitrogen and oxygen atoms in total. The van der Waals surface area contributed by atoms with Crippen LogP contribution in [0.25, 0.3) is 0 Å². The highest BCUT2D eigenvalue weighted by Crippen LogP contribution is 2.37. The maximum Gasteiger partial charge on any atom is 0.195 e. The Morgan fingerprint density at radius 3 is 2.80 bits per heavy atom. The Morgan fingerprint density at radius 1 is 1.35 bits per heavy atom. The summed E-state index contributed by atoms with van der Waals surface area (Å²) in [5, 5.41) is 10.4. The summed E-state index contributed by atoms with van der Waals surface area (Å²) in [5.74, 6) is -0.507. The zero-order valence-corrected chi connectivity index (χ0v) is 11.4. The highest BCUT2D eigenvalue weighted by atomic mass is 32.2. The number of hydrogen-bond acceptors (Lipinski definition) is 4. The van der Waals surface area contributed by atoms with Gasteiger partial charge in [-0.25, -0.2) is 4.39 Å². The van der Waals surface area contributed by atoms with Gasteiger partial charge in [0.1, 0.15) is 12.1 Å². The second-order valence-electron chi connectivity index (χ2n) is 4.54. The number of ketones is 1. The predicted octanol–water partition coefficient (Wildman–Crippen LogP) is 3.24. The van der Waals surface area contributed by atoms with Crippen LogP contribution in [0.4, 0.5) is 4.39 Å². The van der Waals surface area contributed by atoms with E-state index in [1.165, 1.54) is 42.1 Å². The lowest BCUT2D eigenvalue weighted by molar-refractivity contribution is 0.104. The van der Waals surface area contributed by atoms with Gasteiger partial charge in [0.2, 0.25) is 0 Å². The number of hydrogen-bond donors (Lipinski definition) is 0. The van der Waals surface area contributed by atoms with E-state index in [9.17, 15) is 9.18 Å². The fourth-order valence-electron chi connectivity index (χ4n) is 1.79. The first-order valence-corrected chi connectivity index (χ1v) is 7.14. The first-order chi connectivity index (χ1) is 9.74. The second-order valence-corrected chi connectivity index (χ2v) is 5.42. The Bertz CT molecular complexity index is 647. The average Bonchev–Trinajstić information content (AvgIpc) is 3.19. The third-order valence-electron chi connectivity index (χ3n) is 3.00. The van der Waals surface area contributed by atoms with Gasteiger partial charge < -0.3 is 4.57 Å². The lowest BCUT2D eigenvalue weighted by Crippen LogP contribution is -1.95. The summed E-state index contributed by atoms with van der Waals surface area (Å²) in [7, 11) is 0. The zero-order chi connectivity index (χ0) is 13.9. The number of halogens is 1. The van der Waals surface area contributed by atoms with Crippen LogP contribution in [0.3, 0.4) is 0 Å². The molecule has 0 spiro atoms. The molecule has 3 rings (SSSR count). The van der Waals surface area contributed by atoms with Gasteiger partial charge in [-0.15, -0.1) is 10.2 Å². The summed E-state index contributed by atoms with van der Waals surface area (Å²) in [6, 6.07) is 6.00. The number of aromatic nitrogens is 3. The molecule has 0 saturated heterocycles. The van der Waals surface area contributed by atoms with E-state index in [0.717, 1.165) is 18.0 Å². The molecule has 6 heteroatoms. The van der Waals surface area contributed by atoms with Crippen LogP contribution in [-0.2, 0) is 0 Å². The number of nitrogens with zero attached hydrogens (tertiary/aromatic N) is 3. The highest BCUT2D eigenvalue weighted by Gasteiger charge is 2.25. The molecule has 1 saturated carbocycles. The zero-order valence-electron chi connectivity index (χ0n) is 10.6. The van der Waals surface area contributed by atoms with Gasteiger partial charge in [-0.05, 0) is 48.6 Å². The van der Waals surface area contributed by atoms with Crippen molar-refractivity contribution in [3.05, 3.63) is 53.5 Å². The van der Waals surface area contributed by atoms with Crippen molar-refractivity contribution < 1.29 is 9.18 Å². The molecule has 0 aliphatic heterocycles. The molecule has 102 valence electrons. The van der Waals surface area contributed by atoms with Crippen molar-refractivity contribution in [3.8, 4) is 0 Å². The normalized spacial score (nSPS) is 14.8. The third kappa shape index (κ3) is 2.96. The Kier molecular flexibility index (Phi) is 3.64. The number of carbonyl (C=O) groups excluding carboxylic acids is 1. The lowest BCUT2D eigenvalue weighted by atomic mass is 10.1. The smallest absolute Gasteiger partial charge is 0.195 e. The summed E-state index contributed by atoms with van der Waals surface area (Å²) in [6.07, 6.45) is 5.49. The standard InChI is InChI=1S/C14H12FN3OS/c15-11-3-1-10(2-4-11)13(19)7-8-20-14-17-16-9-18(14)12-5-6-12/h1-4,7-9,12H,5-6H2/b8-7+. The molecule has 20 heavy (non-hydrogen) atoms. The predicted molar refractivity (Wildman–Crippen MR) is 74.0 cm³/mol. The van der Waals surface area contributed by atoms with Crippen molar-refractivity contribution in [2.45, 2.75) is 24.0 Å². The van der Waals surface area contributed by atoms with Crippen LogP contribution in [0.15, 0.2) is 47.2 Å². The quantitative estimate of drug-likeness (QED) is 0.481. The van der Waals surface area contributed by atoms with E-state index < -0.39 is 0 Å². The minimum atomic E-state index is -0.350. The Labute approximate surface area is 119 Å². The van der Waals surface area contributed by atoms with Crippen molar-refractivity contribution in [1.29, 1.82) is 0 Å². The van der Waals surface area contributed by atoms with E-state index >= 15 is 0 Å². The van der Waals surface area contributed by atoms with Gasteiger partial charge in [0, 0.05) is 11.6 Å². The molecule has 1 aliphatic rings. The molecule has 0 unspecified atom stereocenters. The van der Waals surface area contributed by atoms with Gasteiger partial charge >= 0.3 is 0 Å². The maximum atomic E-state index is 12.8. The van der Waals surface area contributed by atoms with E-state index in [2.05, 4.69) is 10.2 Å². The summed E-state index contributed by atoms with van der Waals surface area (Å²) in [5.41, 5.74) is 0.465. The third-order valence-corrected chi connectivity index (χ3v) is 3.78. The van der Waals surface area contributed by atoms with Crippen molar-refractivity contribution in [3.63, 3.8) is 0 Å². The number of benzene rings is 1. The lowest BCUT2D eigenvalue weighted by Gasteiger charge is -2.00. The monoisotopic (exact) mass is 289 g/mol. The molecule has 0 N–H and O–H groups in total. The number of thioether (sulfide) groups is 1. The SMILES string of the molecule is O=C(/C=C/Sc1nncn1C1CC1)c1ccc(F)cc1. The van der Waals surface area contributed by atoms with Gasteiger partial charge in [-0.3, -0.25) is 4.79 Å². The number of rotatable bonds is 5. The van der Waals surface area contributed by atoms with Crippen molar-refractivity contribution in [2.75, 3.05) is 0 Å². The molecule has 1 aromatic carbocycles. The van der Waals surface area contributed by atoms with Gasteiger partial charge in [0.05, 0.1) is 0 Å². The molecule has 0 amide bonds. The van der Waals surface area contributed by atoms with Crippen molar-refractivity contribution in [2.24, 2.45) is 0 Å². The van der Waals surface area contributed by atoms with Crippen LogP contribution in [-0.4, -0.2) is 20.5 Å². The van der Waals surface area contributed by atoms with Gasteiger partial charge in [-0.2, -0.15) is 0 Å². The van der Waals surface area contributed by atoms with Crippen LogP contribution in [0.2, 0.25) is 0 Å². The van der Waals surface area contributed by atoms with Crippen LogP contribution >= 0.6 is 11.8 Å². The van der Waals surface area contributed by atoms with Gasteiger partial charge in [0.25, 0.3) is 0 Å². The molecule has 1 fully saturated rings. The minimum absolute atomic E-state index is 0.157. The average molecular weight is 289 g/mol. The van der Waals surface area contributed by atoms with Crippen LogP contribution in [0, 0.1) is 5.82 Å². The Hall–Kier alpha value is -1.95. The Morgan fingerprint density at radius 2 is 2.10 bits per heavy atom. The molecule has 0 atom stereocenters. The van der Waals surface area contributed by atoms with Crippen LogP contribution in [0.1, 0.15) is 29.2 Å². The molecular weight excluding hydrogens is 277 g/mol. The van der Waals surface area contributed by atoms with E-state index in [1.807, 2.05) is 4.57 Å². The molecule has 0 bridgehead atoms. The summed E-state index contributed by atoms with van der Waals surface area (Å²) in [6.45, 7) is 0. The summed E-state index contributed by atoms with van der Waals surface area (Å²) >= 11 is 1.36. The molecule has 1 aliphatic carbocycles. The van der Waals surface area contributed by atoms with E-state index in [4.69, 9.17) is 0 Å². The molecule has 1 aromatic heterocycles. The fourth-order valence-corrected chi connectivity index (χ4v) is 2.51. The van der Waals surface area contributed by atoms with Crippen LogP contribution in [0.5, 0.6) is 0 Å². The topological polar surface area (TPSA) is 47.8 Å².